The van der Waals surface area contributed by atoms with Crippen molar-refractivity contribution in [2.24, 2.45) is 0 Å². The minimum absolute atomic E-state index is 0.572. The molecular weight excluding hydrogens is 448 g/mol. The number of hydrogen-bond donors (Lipinski definition) is 0. The molecule has 0 bridgehead atoms. The highest BCUT2D eigenvalue weighted by molar-refractivity contribution is 8.08. The third kappa shape index (κ3) is 8.08. The second kappa shape index (κ2) is 10.6. The third-order valence-corrected chi connectivity index (χ3v) is 8.09. The molecule has 0 aromatic heterocycles. The van der Waals surface area contributed by atoms with Gasteiger partial charge in [0, 0.05) is 21.9 Å². The van der Waals surface area contributed by atoms with E-state index in [0.29, 0.717) is 10.5 Å². The fourth-order valence-corrected chi connectivity index (χ4v) is 6.76. The molecule has 0 aliphatic heterocycles. The molecular formula is C21H17ClO4S3. The normalized spacial score (nSPS) is 17.9. The summed E-state index contributed by atoms with van der Waals surface area (Å²) in [6.07, 6.45) is 0. The molecule has 2 unspecified atom stereocenters. The molecule has 1 saturated carbocycles. The maximum Gasteiger partial charge on any atom is 0.230 e. The molecule has 150 valence electrons. The summed E-state index contributed by atoms with van der Waals surface area (Å²) >= 11 is 5.91. The third-order valence-electron chi connectivity index (χ3n) is 3.72. The van der Waals surface area contributed by atoms with Crippen molar-refractivity contribution in [1.82, 2.24) is 0 Å². The SMILES string of the molecule is [O-][Cl+3]([O-])([O-])[O-].c1ccc(SC2C(=[S+]c3ccccc3)C2Sc2ccccc2)cc1. The summed E-state index contributed by atoms with van der Waals surface area (Å²) in [4.78, 5) is 5.61. The molecule has 1 fully saturated rings. The van der Waals surface area contributed by atoms with E-state index in [-0.39, 0.29) is 0 Å². The van der Waals surface area contributed by atoms with Crippen LogP contribution in [0.3, 0.4) is 0 Å². The quantitative estimate of drug-likeness (QED) is 0.411. The van der Waals surface area contributed by atoms with Gasteiger partial charge >= 0.3 is 0 Å². The lowest BCUT2D eigenvalue weighted by molar-refractivity contribution is -2.00. The van der Waals surface area contributed by atoms with Gasteiger partial charge in [-0.1, -0.05) is 54.6 Å². The van der Waals surface area contributed by atoms with Gasteiger partial charge in [0.15, 0.2) is 0 Å². The van der Waals surface area contributed by atoms with Crippen LogP contribution in [0.25, 0.3) is 0 Å². The first kappa shape index (κ1) is 22.3. The van der Waals surface area contributed by atoms with E-state index in [4.69, 9.17) is 18.6 Å². The molecule has 1 aliphatic rings. The lowest BCUT2D eigenvalue weighted by Crippen LogP contribution is -2.68. The minimum Gasteiger partial charge on any atom is -0.222 e. The van der Waals surface area contributed by atoms with Crippen molar-refractivity contribution in [2.45, 2.75) is 25.2 Å². The second-order valence-electron chi connectivity index (χ2n) is 5.90. The molecule has 0 amide bonds. The van der Waals surface area contributed by atoms with Crippen molar-refractivity contribution in [3.05, 3.63) is 91.0 Å². The molecule has 4 nitrogen and oxygen atoms in total. The summed E-state index contributed by atoms with van der Waals surface area (Å²) in [5.41, 5.74) is 0. The van der Waals surface area contributed by atoms with Crippen LogP contribution in [-0.2, 0) is 11.4 Å². The molecule has 0 N–H and O–H groups in total. The van der Waals surface area contributed by atoms with E-state index in [1.807, 2.05) is 34.9 Å². The first-order chi connectivity index (χ1) is 13.9. The maximum absolute atomic E-state index is 8.49. The Hall–Kier alpha value is -1.42. The molecule has 0 spiro atoms. The zero-order chi connectivity index (χ0) is 20.7. The van der Waals surface area contributed by atoms with Crippen molar-refractivity contribution in [2.75, 3.05) is 0 Å². The lowest BCUT2D eigenvalue weighted by Gasteiger charge is -2.17. The summed E-state index contributed by atoms with van der Waals surface area (Å²) in [6, 6.07) is 32.2. The number of rotatable bonds is 5. The van der Waals surface area contributed by atoms with E-state index in [9.17, 15) is 0 Å². The van der Waals surface area contributed by atoms with Crippen LogP contribution in [0, 0.1) is 10.2 Å². The number of halogens is 1. The fraction of sp³-hybridized carbons (Fsp3) is 0.0952. The highest BCUT2D eigenvalue weighted by Gasteiger charge is 2.55. The molecule has 2 atom stereocenters. The van der Waals surface area contributed by atoms with Crippen LogP contribution in [0.5, 0.6) is 0 Å². The molecule has 0 heterocycles. The van der Waals surface area contributed by atoms with Crippen LogP contribution < -0.4 is 18.6 Å². The molecule has 8 heteroatoms. The van der Waals surface area contributed by atoms with Crippen LogP contribution in [0.4, 0.5) is 0 Å². The Morgan fingerprint density at radius 2 is 0.931 bits per heavy atom. The maximum atomic E-state index is 8.49. The Kier molecular flexibility index (Phi) is 8.11. The predicted molar refractivity (Wildman–Crippen MR) is 109 cm³/mol. The monoisotopic (exact) mass is 464 g/mol. The average Bonchev–Trinajstić information content (AvgIpc) is 3.32. The first-order valence-corrected chi connectivity index (χ1v) is 12.4. The van der Waals surface area contributed by atoms with Gasteiger partial charge in [-0.3, -0.25) is 0 Å². The number of thioether (sulfide) groups is 2. The van der Waals surface area contributed by atoms with Crippen LogP contribution in [0.2, 0.25) is 0 Å². The van der Waals surface area contributed by atoms with Crippen molar-refractivity contribution in [3.8, 4) is 0 Å². The highest BCUT2D eigenvalue weighted by atomic mass is 35.7. The minimum atomic E-state index is -4.94. The van der Waals surface area contributed by atoms with Gasteiger partial charge in [-0.15, -0.1) is 33.8 Å². The van der Waals surface area contributed by atoms with Crippen molar-refractivity contribution < 1.29 is 28.9 Å². The molecule has 3 aromatic carbocycles. The largest absolute Gasteiger partial charge is 0.230 e. The van der Waals surface area contributed by atoms with Crippen LogP contribution >= 0.6 is 23.5 Å². The zero-order valence-corrected chi connectivity index (χ0v) is 18.3. The predicted octanol–water partition coefficient (Wildman–Crippen LogP) is 0.880. The summed E-state index contributed by atoms with van der Waals surface area (Å²) in [6.45, 7) is 0. The topological polar surface area (TPSA) is 92.2 Å². The van der Waals surface area contributed by atoms with E-state index in [1.54, 1.807) is 4.86 Å². The first-order valence-electron chi connectivity index (χ1n) is 8.55. The van der Waals surface area contributed by atoms with Crippen LogP contribution in [0.1, 0.15) is 0 Å². The van der Waals surface area contributed by atoms with Crippen molar-refractivity contribution >= 4 is 39.7 Å². The van der Waals surface area contributed by atoms with Crippen molar-refractivity contribution in [3.63, 3.8) is 0 Å². The van der Waals surface area contributed by atoms with Crippen LogP contribution in [0.15, 0.2) is 106 Å². The Balaban J connectivity index is 0.000000431. The summed E-state index contributed by atoms with van der Waals surface area (Å²) < 4.78 is 34.0. The molecule has 1 aliphatic carbocycles. The Bertz CT molecular complexity index is 863. The molecule has 0 saturated heterocycles. The van der Waals surface area contributed by atoms with Crippen molar-refractivity contribution in [1.29, 1.82) is 0 Å². The standard InChI is InChI=1S/C21H17S3.ClHO4/c1-4-10-16(11-5-1)22-19-20(23-17-12-6-2-7-13-17)21(19)24-18-14-8-3-9-15-18;2-1(3,4)5/h1-15,19-20H;(H,2,3,4,5)/q+1;/p-1. The van der Waals surface area contributed by atoms with Gasteiger partial charge in [-0.25, -0.2) is 18.6 Å². The molecule has 0 radical (unpaired) electrons. The smallest absolute Gasteiger partial charge is 0.222 e. The van der Waals surface area contributed by atoms with Gasteiger partial charge in [0.05, 0.1) is 0 Å². The van der Waals surface area contributed by atoms with E-state index in [1.165, 1.54) is 14.7 Å². The Morgan fingerprint density at radius 3 is 1.31 bits per heavy atom. The summed E-state index contributed by atoms with van der Waals surface area (Å²) in [5.74, 6) is 0. The Labute approximate surface area is 184 Å². The summed E-state index contributed by atoms with van der Waals surface area (Å²) in [5, 5.41) is 1.14. The second-order valence-corrected chi connectivity index (χ2v) is 10.2. The van der Waals surface area contributed by atoms with Gasteiger partial charge in [0.25, 0.3) is 0 Å². The fourth-order valence-electron chi connectivity index (χ4n) is 2.47. The molecule has 3 aromatic rings. The lowest BCUT2D eigenvalue weighted by atomic mass is 10.4. The summed E-state index contributed by atoms with van der Waals surface area (Å²) in [7, 11) is -4.94. The zero-order valence-electron chi connectivity index (χ0n) is 15.1. The van der Waals surface area contributed by atoms with Crippen LogP contribution in [-0.4, -0.2) is 15.4 Å². The van der Waals surface area contributed by atoms with E-state index < -0.39 is 10.2 Å². The van der Waals surface area contributed by atoms with Gasteiger partial charge in [-0.2, -0.15) is 0 Å². The van der Waals surface area contributed by atoms with E-state index in [0.717, 1.165) is 0 Å². The number of hydrogen-bond acceptors (Lipinski definition) is 6. The van der Waals surface area contributed by atoms with Gasteiger partial charge in [0.1, 0.15) is 10.5 Å². The van der Waals surface area contributed by atoms with Gasteiger partial charge in [0.2, 0.25) is 21.1 Å². The Morgan fingerprint density at radius 1 is 0.586 bits per heavy atom. The molecule has 4 rings (SSSR count). The molecule has 29 heavy (non-hydrogen) atoms. The van der Waals surface area contributed by atoms with E-state index in [2.05, 4.69) is 91.0 Å². The van der Waals surface area contributed by atoms with Gasteiger partial charge in [-0.05, 0) is 24.3 Å². The number of benzene rings is 3. The average molecular weight is 465 g/mol. The van der Waals surface area contributed by atoms with Gasteiger partial charge < -0.3 is 0 Å². The highest BCUT2D eigenvalue weighted by Crippen LogP contribution is 2.47. The van der Waals surface area contributed by atoms with E-state index >= 15 is 0 Å².